The van der Waals surface area contributed by atoms with E-state index < -0.39 is 6.04 Å². The molecule has 9 nitrogen and oxygen atoms in total. The van der Waals surface area contributed by atoms with Crippen molar-refractivity contribution in [3.05, 3.63) is 107 Å². The molecule has 40 heavy (non-hydrogen) atoms. The van der Waals surface area contributed by atoms with Crippen LogP contribution in [0.3, 0.4) is 0 Å². The number of tetrazole rings is 1. The van der Waals surface area contributed by atoms with Crippen LogP contribution in [0.1, 0.15) is 42.4 Å². The molecule has 0 saturated carbocycles. The standard InChI is InChI=1S/C30H30N6O3S/c1-30(2)26(36-28(38)25(29(36)40-30)31-24(37)17-20-9-5-3-6-10-20)27-32-33-34-35(27)18-21-13-15-23(16-14-21)39-19-22-11-7-4-8-12-22/h3-16,25-26,29H,17-19H2,1-2H3,(H,31,37). The fraction of sp³-hybridized carbons (Fsp3) is 0.300. The van der Waals surface area contributed by atoms with Crippen LogP contribution < -0.4 is 10.1 Å². The van der Waals surface area contributed by atoms with E-state index in [1.807, 2.05) is 89.8 Å². The van der Waals surface area contributed by atoms with E-state index in [4.69, 9.17) is 4.74 Å². The molecular formula is C30H30N6O3S. The summed E-state index contributed by atoms with van der Waals surface area (Å²) in [6.45, 7) is 5.15. The first-order valence-electron chi connectivity index (χ1n) is 13.2. The molecule has 2 aliphatic heterocycles. The van der Waals surface area contributed by atoms with Crippen LogP contribution in [0.4, 0.5) is 0 Å². The molecule has 3 heterocycles. The number of thioether (sulfide) groups is 1. The lowest BCUT2D eigenvalue weighted by molar-refractivity contribution is -0.151. The van der Waals surface area contributed by atoms with E-state index in [1.54, 1.807) is 16.4 Å². The van der Waals surface area contributed by atoms with Gasteiger partial charge in [-0.3, -0.25) is 9.59 Å². The van der Waals surface area contributed by atoms with Crippen molar-refractivity contribution in [1.82, 2.24) is 30.4 Å². The number of amides is 2. The van der Waals surface area contributed by atoms with Gasteiger partial charge in [-0.15, -0.1) is 16.9 Å². The zero-order valence-electron chi connectivity index (χ0n) is 22.3. The number of rotatable bonds is 9. The van der Waals surface area contributed by atoms with Gasteiger partial charge in [-0.1, -0.05) is 72.8 Å². The van der Waals surface area contributed by atoms with Crippen molar-refractivity contribution in [3.63, 3.8) is 0 Å². The molecule has 1 aromatic heterocycles. The number of aromatic nitrogens is 4. The molecule has 2 saturated heterocycles. The zero-order chi connectivity index (χ0) is 27.7. The summed E-state index contributed by atoms with van der Waals surface area (Å²) in [5, 5.41) is 15.3. The Hall–Kier alpha value is -4.18. The summed E-state index contributed by atoms with van der Waals surface area (Å²) in [6, 6.07) is 26.6. The smallest absolute Gasteiger partial charge is 0.249 e. The Balaban J connectivity index is 1.12. The van der Waals surface area contributed by atoms with Crippen molar-refractivity contribution >= 4 is 23.6 Å². The Kier molecular flexibility index (Phi) is 7.02. The molecule has 0 radical (unpaired) electrons. The number of hydrogen-bond donors (Lipinski definition) is 1. The SMILES string of the molecule is CC1(C)SC2C(NC(=O)Cc3ccccc3)C(=O)N2C1c1nnnn1Cc1ccc(OCc2ccccc2)cc1. The highest BCUT2D eigenvalue weighted by Crippen LogP contribution is 2.56. The van der Waals surface area contributed by atoms with Gasteiger partial charge in [0, 0.05) is 4.75 Å². The molecule has 6 rings (SSSR count). The molecule has 2 fully saturated rings. The molecule has 3 atom stereocenters. The quantitative estimate of drug-likeness (QED) is 0.314. The summed E-state index contributed by atoms with van der Waals surface area (Å²) in [7, 11) is 0. The van der Waals surface area contributed by atoms with Gasteiger partial charge in [0.1, 0.15) is 29.8 Å². The van der Waals surface area contributed by atoms with Crippen LogP contribution >= 0.6 is 11.8 Å². The summed E-state index contributed by atoms with van der Waals surface area (Å²) in [4.78, 5) is 27.8. The minimum Gasteiger partial charge on any atom is -0.489 e. The molecule has 2 amide bonds. The van der Waals surface area contributed by atoms with Crippen LogP contribution in [0.5, 0.6) is 5.75 Å². The van der Waals surface area contributed by atoms with Crippen molar-refractivity contribution in [3.8, 4) is 5.75 Å². The van der Waals surface area contributed by atoms with Gasteiger partial charge in [-0.2, -0.15) is 0 Å². The van der Waals surface area contributed by atoms with Gasteiger partial charge in [0.2, 0.25) is 11.8 Å². The molecule has 1 N–H and O–H groups in total. The molecule has 3 aromatic carbocycles. The second-order valence-electron chi connectivity index (χ2n) is 10.6. The number of carbonyl (C=O) groups excluding carboxylic acids is 2. The number of hydrogen-bond acceptors (Lipinski definition) is 7. The third-order valence-electron chi connectivity index (χ3n) is 7.27. The number of nitrogens with one attached hydrogen (secondary N) is 1. The van der Waals surface area contributed by atoms with E-state index in [0.717, 1.165) is 22.4 Å². The number of fused-ring (bicyclic) bond motifs is 1. The first-order valence-corrected chi connectivity index (χ1v) is 14.1. The van der Waals surface area contributed by atoms with Crippen LogP contribution in [0.15, 0.2) is 84.9 Å². The van der Waals surface area contributed by atoms with E-state index in [-0.39, 0.29) is 34.4 Å². The maximum atomic E-state index is 13.3. The summed E-state index contributed by atoms with van der Waals surface area (Å²) in [5.41, 5.74) is 3.04. The second kappa shape index (κ2) is 10.8. The molecule has 0 bridgehead atoms. The van der Waals surface area contributed by atoms with Gasteiger partial charge in [-0.25, -0.2) is 4.68 Å². The highest BCUT2D eigenvalue weighted by molar-refractivity contribution is 8.01. The predicted octanol–water partition coefficient (Wildman–Crippen LogP) is 3.76. The lowest BCUT2D eigenvalue weighted by Gasteiger charge is -2.44. The molecule has 3 unspecified atom stereocenters. The summed E-state index contributed by atoms with van der Waals surface area (Å²) >= 11 is 1.67. The van der Waals surface area contributed by atoms with Gasteiger partial charge in [0.05, 0.1) is 13.0 Å². The fourth-order valence-electron chi connectivity index (χ4n) is 5.30. The Morgan fingerprint density at radius 2 is 1.62 bits per heavy atom. The Labute approximate surface area is 236 Å². The second-order valence-corrected chi connectivity index (χ2v) is 12.4. The Morgan fingerprint density at radius 1 is 0.950 bits per heavy atom. The first kappa shape index (κ1) is 26.1. The largest absolute Gasteiger partial charge is 0.489 e. The van der Waals surface area contributed by atoms with Crippen molar-refractivity contribution < 1.29 is 14.3 Å². The number of ether oxygens (including phenoxy) is 1. The van der Waals surface area contributed by atoms with Crippen LogP contribution in [0.25, 0.3) is 0 Å². The van der Waals surface area contributed by atoms with E-state index in [1.165, 1.54) is 0 Å². The maximum absolute atomic E-state index is 13.3. The number of β-lactam (4-membered cyclic amide) rings is 1. The van der Waals surface area contributed by atoms with Crippen LogP contribution in [0.2, 0.25) is 0 Å². The average Bonchev–Trinajstić information content (AvgIpc) is 3.51. The molecule has 2 aliphatic rings. The molecular weight excluding hydrogens is 524 g/mol. The van der Waals surface area contributed by atoms with Gasteiger partial charge in [-0.05, 0) is 53.1 Å². The molecule has 204 valence electrons. The summed E-state index contributed by atoms with van der Waals surface area (Å²) < 4.78 is 7.31. The zero-order valence-corrected chi connectivity index (χ0v) is 23.1. The van der Waals surface area contributed by atoms with Gasteiger partial charge < -0.3 is 15.0 Å². The molecule has 0 aliphatic carbocycles. The van der Waals surface area contributed by atoms with Crippen LogP contribution in [0, 0.1) is 0 Å². The predicted molar refractivity (Wildman–Crippen MR) is 151 cm³/mol. The van der Waals surface area contributed by atoms with Crippen LogP contribution in [-0.4, -0.2) is 53.1 Å². The van der Waals surface area contributed by atoms with Crippen LogP contribution in [-0.2, 0) is 29.2 Å². The van der Waals surface area contributed by atoms with Gasteiger partial charge >= 0.3 is 0 Å². The molecule has 10 heteroatoms. The maximum Gasteiger partial charge on any atom is 0.249 e. The molecule has 0 spiro atoms. The minimum atomic E-state index is -0.557. The van der Waals surface area contributed by atoms with Crippen molar-refractivity contribution in [2.75, 3.05) is 0 Å². The fourth-order valence-corrected chi connectivity index (χ4v) is 6.93. The number of benzene rings is 3. The van der Waals surface area contributed by atoms with E-state index in [2.05, 4.69) is 34.7 Å². The Bertz CT molecular complexity index is 1490. The van der Waals surface area contributed by atoms with Gasteiger partial charge in [0.15, 0.2) is 5.82 Å². The average molecular weight is 555 g/mol. The molecule has 4 aromatic rings. The lowest BCUT2D eigenvalue weighted by Crippen LogP contribution is -2.68. The normalized spacial score (nSPS) is 21.0. The third kappa shape index (κ3) is 5.19. The highest BCUT2D eigenvalue weighted by Gasteiger charge is 2.63. The topological polar surface area (TPSA) is 102 Å². The van der Waals surface area contributed by atoms with E-state index in [0.29, 0.717) is 19.0 Å². The van der Waals surface area contributed by atoms with E-state index >= 15 is 0 Å². The third-order valence-corrected chi connectivity index (χ3v) is 8.84. The minimum absolute atomic E-state index is 0.107. The lowest BCUT2D eigenvalue weighted by atomic mass is 9.95. The monoisotopic (exact) mass is 554 g/mol. The van der Waals surface area contributed by atoms with E-state index in [9.17, 15) is 9.59 Å². The van der Waals surface area contributed by atoms with Crippen molar-refractivity contribution in [1.29, 1.82) is 0 Å². The first-order chi connectivity index (χ1) is 19.4. The highest BCUT2D eigenvalue weighted by atomic mass is 32.2. The number of nitrogens with zero attached hydrogens (tertiary/aromatic N) is 5. The van der Waals surface area contributed by atoms with Crippen molar-refractivity contribution in [2.24, 2.45) is 0 Å². The number of carbonyl (C=O) groups is 2. The summed E-state index contributed by atoms with van der Waals surface area (Å²) in [5.74, 6) is 1.15. The van der Waals surface area contributed by atoms with Gasteiger partial charge in [0.25, 0.3) is 0 Å². The van der Waals surface area contributed by atoms with Crippen molar-refractivity contribution in [2.45, 2.75) is 55.6 Å². The Morgan fingerprint density at radius 3 is 2.33 bits per heavy atom. The summed E-state index contributed by atoms with van der Waals surface area (Å²) in [6.07, 6.45) is 0.239.